The molecule has 3 rings (SSSR count). The maximum absolute atomic E-state index is 11.9. The molecule has 0 fully saturated rings. The Labute approximate surface area is 155 Å². The van der Waals surface area contributed by atoms with E-state index in [1.165, 1.54) is 11.1 Å². The van der Waals surface area contributed by atoms with Gasteiger partial charge in [-0.2, -0.15) is 0 Å². The Morgan fingerprint density at radius 2 is 1.85 bits per heavy atom. The SMILES string of the molecule is CCOC(=O)N(C)c1ccc(N=Cc2c(O)[nH]c(=O)c3ccccc23)cc1. The largest absolute Gasteiger partial charge is 0.494 e. The monoisotopic (exact) mass is 365 g/mol. The van der Waals surface area contributed by atoms with Gasteiger partial charge in [0.2, 0.25) is 5.88 Å². The van der Waals surface area contributed by atoms with Gasteiger partial charge in [0.05, 0.1) is 17.9 Å². The van der Waals surface area contributed by atoms with E-state index in [1.54, 1.807) is 62.5 Å². The second-order valence-corrected chi connectivity index (χ2v) is 5.79. The number of pyridine rings is 1. The third-order valence-electron chi connectivity index (χ3n) is 4.07. The zero-order valence-electron chi connectivity index (χ0n) is 15.0. The smallest absolute Gasteiger partial charge is 0.413 e. The summed E-state index contributed by atoms with van der Waals surface area (Å²) >= 11 is 0. The molecule has 1 heterocycles. The fourth-order valence-corrected chi connectivity index (χ4v) is 2.64. The van der Waals surface area contributed by atoms with Gasteiger partial charge in [0.15, 0.2) is 0 Å². The quantitative estimate of drug-likeness (QED) is 0.691. The van der Waals surface area contributed by atoms with E-state index in [-0.39, 0.29) is 11.4 Å². The molecule has 0 aliphatic rings. The van der Waals surface area contributed by atoms with Crippen LogP contribution in [-0.4, -0.2) is 36.1 Å². The van der Waals surface area contributed by atoms with Gasteiger partial charge >= 0.3 is 6.09 Å². The van der Waals surface area contributed by atoms with E-state index in [0.29, 0.717) is 34.3 Å². The molecule has 0 atom stereocenters. The molecule has 7 nitrogen and oxygen atoms in total. The number of nitrogens with one attached hydrogen (secondary N) is 1. The summed E-state index contributed by atoms with van der Waals surface area (Å²) in [6.07, 6.45) is 1.07. The van der Waals surface area contributed by atoms with Crippen LogP contribution in [0.5, 0.6) is 5.88 Å². The summed E-state index contributed by atoms with van der Waals surface area (Å²) in [5, 5.41) is 11.2. The summed E-state index contributed by atoms with van der Waals surface area (Å²) in [5.41, 5.74) is 1.37. The third-order valence-corrected chi connectivity index (χ3v) is 4.07. The van der Waals surface area contributed by atoms with Crippen molar-refractivity contribution in [3.05, 3.63) is 64.4 Å². The maximum Gasteiger partial charge on any atom is 0.413 e. The molecular weight excluding hydrogens is 346 g/mol. The molecule has 27 heavy (non-hydrogen) atoms. The molecule has 0 saturated carbocycles. The standard InChI is InChI=1S/C20H19N3O4/c1-3-27-20(26)23(2)14-10-8-13(9-11-14)21-12-17-15-6-4-5-7-16(15)18(24)22-19(17)25/h4-12H,3H2,1-2H3,(H2,22,24,25). The molecule has 3 aromatic rings. The first-order valence-electron chi connectivity index (χ1n) is 8.40. The average molecular weight is 365 g/mol. The summed E-state index contributed by atoms with van der Waals surface area (Å²) in [6, 6.07) is 14.0. The Balaban J connectivity index is 1.88. The van der Waals surface area contributed by atoms with Gasteiger partial charge in [-0.1, -0.05) is 18.2 Å². The number of rotatable bonds is 4. The fourth-order valence-electron chi connectivity index (χ4n) is 2.64. The van der Waals surface area contributed by atoms with E-state index in [4.69, 9.17) is 4.74 Å². The summed E-state index contributed by atoms with van der Waals surface area (Å²) in [7, 11) is 1.63. The summed E-state index contributed by atoms with van der Waals surface area (Å²) < 4.78 is 4.96. The zero-order chi connectivity index (χ0) is 19.4. The van der Waals surface area contributed by atoms with Crippen LogP contribution in [0.15, 0.2) is 58.3 Å². The first-order chi connectivity index (χ1) is 13.0. The Kier molecular flexibility index (Phi) is 5.21. The van der Waals surface area contributed by atoms with Gasteiger partial charge in [-0.15, -0.1) is 0 Å². The lowest BCUT2D eigenvalue weighted by Gasteiger charge is -2.16. The fraction of sp³-hybridized carbons (Fsp3) is 0.150. The number of carbonyl (C=O) groups is 1. The van der Waals surface area contributed by atoms with Crippen molar-refractivity contribution in [3.63, 3.8) is 0 Å². The highest BCUT2D eigenvalue weighted by atomic mass is 16.6. The number of anilines is 1. The van der Waals surface area contributed by atoms with Gasteiger partial charge in [0.25, 0.3) is 5.56 Å². The molecule has 0 unspecified atom stereocenters. The molecule has 0 radical (unpaired) electrons. The van der Waals surface area contributed by atoms with Crippen LogP contribution in [0.25, 0.3) is 10.8 Å². The number of aliphatic imine (C=N–C) groups is 1. The lowest BCUT2D eigenvalue weighted by atomic mass is 10.1. The predicted octanol–water partition coefficient (Wildman–Crippen LogP) is 3.58. The second-order valence-electron chi connectivity index (χ2n) is 5.79. The minimum Gasteiger partial charge on any atom is -0.494 e. The molecular formula is C20H19N3O4. The molecule has 0 bridgehead atoms. The van der Waals surface area contributed by atoms with Crippen LogP contribution < -0.4 is 10.5 Å². The van der Waals surface area contributed by atoms with Crippen molar-refractivity contribution >= 4 is 34.5 Å². The van der Waals surface area contributed by atoms with Crippen molar-refractivity contribution in [3.8, 4) is 5.88 Å². The molecule has 7 heteroatoms. The molecule has 1 amide bonds. The average Bonchev–Trinajstić information content (AvgIpc) is 2.68. The Morgan fingerprint density at radius 1 is 1.19 bits per heavy atom. The third kappa shape index (κ3) is 3.82. The van der Waals surface area contributed by atoms with Crippen LogP contribution in [0.2, 0.25) is 0 Å². The van der Waals surface area contributed by atoms with Crippen molar-refractivity contribution < 1.29 is 14.6 Å². The highest BCUT2D eigenvalue weighted by Crippen LogP contribution is 2.23. The van der Waals surface area contributed by atoms with Crippen LogP contribution in [0.3, 0.4) is 0 Å². The molecule has 0 saturated heterocycles. The number of carbonyl (C=O) groups excluding carboxylic acids is 1. The number of hydrogen-bond donors (Lipinski definition) is 2. The van der Waals surface area contributed by atoms with E-state index in [2.05, 4.69) is 9.98 Å². The number of nitrogens with zero attached hydrogens (tertiary/aromatic N) is 2. The van der Waals surface area contributed by atoms with E-state index in [9.17, 15) is 14.7 Å². The minimum atomic E-state index is -0.432. The van der Waals surface area contributed by atoms with Gasteiger partial charge in [-0.3, -0.25) is 19.7 Å². The first kappa shape index (κ1) is 18.2. The Bertz CT molecular complexity index is 1060. The van der Waals surface area contributed by atoms with Crippen LogP contribution in [0, 0.1) is 0 Å². The lowest BCUT2D eigenvalue weighted by molar-refractivity contribution is 0.161. The van der Waals surface area contributed by atoms with Gasteiger partial charge < -0.3 is 9.84 Å². The van der Waals surface area contributed by atoms with Crippen molar-refractivity contribution in [2.24, 2.45) is 4.99 Å². The van der Waals surface area contributed by atoms with Crippen molar-refractivity contribution in [2.75, 3.05) is 18.6 Å². The minimum absolute atomic E-state index is 0.235. The van der Waals surface area contributed by atoms with Crippen LogP contribution in [0.4, 0.5) is 16.2 Å². The first-order valence-corrected chi connectivity index (χ1v) is 8.40. The summed E-state index contributed by atoms with van der Waals surface area (Å²) in [5.74, 6) is -0.235. The molecule has 0 aliphatic heterocycles. The highest BCUT2D eigenvalue weighted by molar-refractivity contribution is 6.01. The lowest BCUT2D eigenvalue weighted by Crippen LogP contribution is -2.26. The number of benzene rings is 2. The van der Waals surface area contributed by atoms with Crippen molar-refractivity contribution in [1.82, 2.24) is 4.98 Å². The molecule has 0 aliphatic carbocycles. The van der Waals surface area contributed by atoms with Crippen LogP contribution in [-0.2, 0) is 4.74 Å². The summed E-state index contributed by atoms with van der Waals surface area (Å²) in [6.45, 7) is 2.06. The van der Waals surface area contributed by atoms with Gasteiger partial charge in [-0.05, 0) is 37.3 Å². The number of ether oxygens (including phenoxy) is 1. The van der Waals surface area contributed by atoms with E-state index in [1.807, 2.05) is 0 Å². The van der Waals surface area contributed by atoms with E-state index in [0.717, 1.165) is 0 Å². The molecule has 2 aromatic carbocycles. The van der Waals surface area contributed by atoms with Crippen molar-refractivity contribution in [2.45, 2.75) is 6.92 Å². The topological polar surface area (TPSA) is 95.0 Å². The normalized spacial score (nSPS) is 11.0. The second kappa shape index (κ2) is 7.74. The Morgan fingerprint density at radius 3 is 2.52 bits per heavy atom. The van der Waals surface area contributed by atoms with Crippen LogP contribution in [0.1, 0.15) is 12.5 Å². The van der Waals surface area contributed by atoms with E-state index < -0.39 is 6.09 Å². The number of aromatic hydroxyl groups is 1. The maximum atomic E-state index is 11.9. The van der Waals surface area contributed by atoms with Crippen molar-refractivity contribution in [1.29, 1.82) is 0 Å². The summed E-state index contributed by atoms with van der Waals surface area (Å²) in [4.78, 5) is 31.8. The predicted molar refractivity (Wildman–Crippen MR) is 105 cm³/mol. The number of amides is 1. The number of aromatic amines is 1. The van der Waals surface area contributed by atoms with Gasteiger partial charge in [-0.25, -0.2) is 4.79 Å². The molecule has 138 valence electrons. The molecule has 0 spiro atoms. The number of hydrogen-bond acceptors (Lipinski definition) is 5. The molecule has 2 N–H and O–H groups in total. The zero-order valence-corrected chi connectivity index (χ0v) is 15.0. The van der Waals surface area contributed by atoms with Gasteiger partial charge in [0, 0.05) is 29.7 Å². The van der Waals surface area contributed by atoms with Gasteiger partial charge in [0.1, 0.15) is 0 Å². The Hall–Kier alpha value is -3.61. The van der Waals surface area contributed by atoms with Crippen LogP contribution >= 0.6 is 0 Å². The highest BCUT2D eigenvalue weighted by Gasteiger charge is 2.11. The van der Waals surface area contributed by atoms with E-state index >= 15 is 0 Å². The number of fused-ring (bicyclic) bond motifs is 1. The number of H-pyrrole nitrogens is 1. The number of aromatic nitrogens is 1. The molecule has 1 aromatic heterocycles.